The van der Waals surface area contributed by atoms with E-state index in [0.29, 0.717) is 36.8 Å². The summed E-state index contributed by atoms with van der Waals surface area (Å²) < 4.78 is 29.4. The summed E-state index contributed by atoms with van der Waals surface area (Å²) in [7, 11) is -2.07. The first-order valence-corrected chi connectivity index (χ1v) is 10.9. The highest BCUT2D eigenvalue weighted by Gasteiger charge is 2.32. The van der Waals surface area contributed by atoms with E-state index in [2.05, 4.69) is 5.10 Å². The molecular weight excluding hydrogens is 400 g/mol. The summed E-state index contributed by atoms with van der Waals surface area (Å²) in [6.45, 7) is 9.10. The zero-order chi connectivity index (χ0) is 20.8. The van der Waals surface area contributed by atoms with Gasteiger partial charge in [0.2, 0.25) is 10.0 Å². The Kier molecular flexibility index (Phi) is 5.58. The number of rotatable bonds is 3. The number of sulfonamides is 1. The van der Waals surface area contributed by atoms with E-state index in [4.69, 9.17) is 11.6 Å². The highest BCUT2D eigenvalue weighted by Crippen LogP contribution is 2.30. The first-order valence-electron chi connectivity index (χ1n) is 9.10. The predicted octanol–water partition coefficient (Wildman–Crippen LogP) is 2.18. The van der Waals surface area contributed by atoms with Gasteiger partial charge in [-0.25, -0.2) is 13.1 Å². The molecule has 9 heteroatoms. The SMILES string of the molecule is Cc1cc(C)c(C)c(S(=O)(=O)N2CCN(c3cnn(C)c(=O)c3Cl)CC2)c1C. The molecule has 0 spiro atoms. The average molecular weight is 425 g/mol. The van der Waals surface area contributed by atoms with Crippen molar-refractivity contribution in [3.05, 3.63) is 49.9 Å². The first kappa shape index (κ1) is 20.8. The Morgan fingerprint density at radius 3 is 2.07 bits per heavy atom. The Bertz CT molecular complexity index is 1060. The fourth-order valence-corrected chi connectivity index (χ4v) is 5.88. The number of nitrogens with zero attached hydrogens (tertiary/aromatic N) is 4. The molecule has 0 bridgehead atoms. The van der Waals surface area contributed by atoms with E-state index >= 15 is 0 Å². The lowest BCUT2D eigenvalue weighted by atomic mass is 10.0. The summed E-state index contributed by atoms with van der Waals surface area (Å²) >= 11 is 6.18. The summed E-state index contributed by atoms with van der Waals surface area (Å²) in [5.41, 5.74) is 3.71. The van der Waals surface area contributed by atoms with Gasteiger partial charge >= 0.3 is 0 Å². The number of aryl methyl sites for hydroxylation is 3. The van der Waals surface area contributed by atoms with Gasteiger partial charge < -0.3 is 4.90 Å². The van der Waals surface area contributed by atoms with Crippen LogP contribution in [0.15, 0.2) is 22.0 Å². The van der Waals surface area contributed by atoms with Gasteiger partial charge in [-0.1, -0.05) is 17.7 Å². The van der Waals surface area contributed by atoms with Gasteiger partial charge in [0, 0.05) is 33.2 Å². The second-order valence-electron chi connectivity index (χ2n) is 7.25. The highest BCUT2D eigenvalue weighted by molar-refractivity contribution is 7.89. The zero-order valence-electron chi connectivity index (χ0n) is 16.8. The van der Waals surface area contributed by atoms with Crippen molar-refractivity contribution in [2.45, 2.75) is 32.6 Å². The number of anilines is 1. The van der Waals surface area contributed by atoms with Crippen LogP contribution in [0.1, 0.15) is 22.3 Å². The van der Waals surface area contributed by atoms with Gasteiger partial charge in [-0.15, -0.1) is 0 Å². The molecule has 0 saturated carbocycles. The Labute approximate surface area is 170 Å². The summed E-state index contributed by atoms with van der Waals surface area (Å²) in [5.74, 6) is 0. The van der Waals surface area contributed by atoms with Gasteiger partial charge in [0.15, 0.2) is 0 Å². The number of hydrogen-bond donors (Lipinski definition) is 0. The minimum atomic E-state index is -3.61. The molecule has 1 fully saturated rings. The topological polar surface area (TPSA) is 75.5 Å². The standard InChI is InChI=1S/C19H25ClN4O3S/c1-12-10-13(2)15(4)18(14(12)3)28(26,27)24-8-6-23(7-9-24)16-11-21-22(5)19(25)17(16)20/h10-11H,6-9H2,1-5H3. The van der Waals surface area contributed by atoms with Crippen LogP contribution in [0.4, 0.5) is 5.69 Å². The fourth-order valence-electron chi connectivity index (χ4n) is 3.59. The van der Waals surface area contributed by atoms with E-state index in [1.165, 1.54) is 16.0 Å². The third kappa shape index (κ3) is 3.44. The lowest BCUT2D eigenvalue weighted by Crippen LogP contribution is -2.49. The number of benzene rings is 1. The van der Waals surface area contributed by atoms with Crippen LogP contribution in [0.3, 0.4) is 0 Å². The first-order chi connectivity index (χ1) is 13.1. The molecule has 0 radical (unpaired) electrons. The molecule has 2 heterocycles. The number of halogens is 1. The van der Waals surface area contributed by atoms with Crippen LogP contribution in [0, 0.1) is 27.7 Å². The van der Waals surface area contributed by atoms with Crippen molar-refractivity contribution in [3.8, 4) is 0 Å². The van der Waals surface area contributed by atoms with Gasteiger partial charge in [-0.2, -0.15) is 9.40 Å². The number of hydrogen-bond acceptors (Lipinski definition) is 5. The molecule has 7 nitrogen and oxygen atoms in total. The molecule has 3 rings (SSSR count). The molecule has 1 aliphatic rings. The minimum Gasteiger partial charge on any atom is -0.366 e. The summed E-state index contributed by atoms with van der Waals surface area (Å²) in [5, 5.41) is 4.13. The molecule has 0 atom stereocenters. The van der Waals surface area contributed by atoms with Crippen molar-refractivity contribution in [1.29, 1.82) is 0 Å². The molecule has 0 aliphatic carbocycles. The lowest BCUT2D eigenvalue weighted by molar-refractivity contribution is 0.384. The van der Waals surface area contributed by atoms with Crippen LogP contribution in [-0.4, -0.2) is 48.7 Å². The molecule has 2 aromatic rings. The van der Waals surface area contributed by atoms with E-state index in [1.54, 1.807) is 6.20 Å². The van der Waals surface area contributed by atoms with Crippen LogP contribution in [0.25, 0.3) is 0 Å². The molecule has 1 aromatic heterocycles. The van der Waals surface area contributed by atoms with Gasteiger partial charge in [0.1, 0.15) is 5.02 Å². The Morgan fingerprint density at radius 1 is 1.00 bits per heavy atom. The van der Waals surface area contributed by atoms with Gasteiger partial charge in [0.25, 0.3) is 5.56 Å². The van der Waals surface area contributed by atoms with Gasteiger partial charge in [-0.05, 0) is 49.9 Å². The van der Waals surface area contributed by atoms with Crippen LogP contribution in [0.5, 0.6) is 0 Å². The van der Waals surface area contributed by atoms with E-state index in [9.17, 15) is 13.2 Å². The molecule has 0 N–H and O–H groups in total. The maximum Gasteiger partial charge on any atom is 0.287 e. The van der Waals surface area contributed by atoms with E-state index in [-0.39, 0.29) is 10.6 Å². The predicted molar refractivity (Wildman–Crippen MR) is 111 cm³/mol. The van der Waals surface area contributed by atoms with Crippen LogP contribution in [0.2, 0.25) is 5.02 Å². The fraction of sp³-hybridized carbons (Fsp3) is 0.474. The molecule has 1 aliphatic heterocycles. The van der Waals surface area contributed by atoms with Crippen molar-refractivity contribution in [2.75, 3.05) is 31.1 Å². The van der Waals surface area contributed by atoms with E-state index < -0.39 is 10.0 Å². The minimum absolute atomic E-state index is 0.106. The van der Waals surface area contributed by atoms with Crippen LogP contribution >= 0.6 is 11.6 Å². The average Bonchev–Trinajstić information content (AvgIpc) is 2.65. The molecule has 1 aromatic carbocycles. The number of piperazine rings is 1. The maximum absolute atomic E-state index is 13.4. The Hall–Kier alpha value is -1.90. The Morgan fingerprint density at radius 2 is 1.54 bits per heavy atom. The number of aromatic nitrogens is 2. The molecule has 0 unspecified atom stereocenters. The third-order valence-electron chi connectivity index (χ3n) is 5.53. The molecule has 1 saturated heterocycles. The van der Waals surface area contributed by atoms with Crippen LogP contribution in [-0.2, 0) is 17.1 Å². The normalized spacial score (nSPS) is 15.9. The smallest absolute Gasteiger partial charge is 0.287 e. The van der Waals surface area contributed by atoms with Crippen molar-refractivity contribution < 1.29 is 8.42 Å². The van der Waals surface area contributed by atoms with Crippen molar-refractivity contribution in [3.63, 3.8) is 0 Å². The molecule has 0 amide bonds. The second kappa shape index (κ2) is 7.50. The van der Waals surface area contributed by atoms with E-state index in [1.807, 2.05) is 38.7 Å². The summed E-state index contributed by atoms with van der Waals surface area (Å²) in [4.78, 5) is 14.3. The molecular formula is C19H25ClN4O3S. The molecule has 28 heavy (non-hydrogen) atoms. The van der Waals surface area contributed by atoms with Gasteiger partial charge in [-0.3, -0.25) is 4.79 Å². The summed E-state index contributed by atoms with van der Waals surface area (Å²) in [6.07, 6.45) is 1.55. The highest BCUT2D eigenvalue weighted by atomic mass is 35.5. The lowest BCUT2D eigenvalue weighted by Gasteiger charge is -2.36. The quantitative estimate of drug-likeness (QED) is 0.754. The van der Waals surface area contributed by atoms with Crippen molar-refractivity contribution in [1.82, 2.24) is 14.1 Å². The zero-order valence-corrected chi connectivity index (χ0v) is 18.4. The summed E-state index contributed by atoms with van der Waals surface area (Å²) in [6, 6.07) is 2.02. The van der Waals surface area contributed by atoms with Crippen LogP contribution < -0.4 is 10.5 Å². The monoisotopic (exact) mass is 424 g/mol. The third-order valence-corrected chi connectivity index (χ3v) is 8.06. The van der Waals surface area contributed by atoms with Gasteiger partial charge in [0.05, 0.1) is 16.8 Å². The van der Waals surface area contributed by atoms with Crippen molar-refractivity contribution in [2.24, 2.45) is 7.05 Å². The Balaban J connectivity index is 1.88. The largest absolute Gasteiger partial charge is 0.366 e. The molecule has 152 valence electrons. The maximum atomic E-state index is 13.4. The van der Waals surface area contributed by atoms with Crippen molar-refractivity contribution >= 4 is 27.3 Å². The van der Waals surface area contributed by atoms with E-state index in [0.717, 1.165) is 22.3 Å². The second-order valence-corrected chi connectivity index (χ2v) is 9.51.